The van der Waals surface area contributed by atoms with Crippen molar-refractivity contribution < 1.29 is 23.8 Å². The van der Waals surface area contributed by atoms with Gasteiger partial charge in [-0.3, -0.25) is 9.59 Å². The fourth-order valence-electron chi connectivity index (χ4n) is 2.22. The van der Waals surface area contributed by atoms with Crippen molar-refractivity contribution in [2.24, 2.45) is 0 Å². The van der Waals surface area contributed by atoms with Gasteiger partial charge in [0.05, 0.1) is 12.8 Å². The summed E-state index contributed by atoms with van der Waals surface area (Å²) in [5.41, 5.74) is 0.533. The minimum Gasteiger partial charge on any atom is -0.481 e. The van der Waals surface area contributed by atoms with Gasteiger partial charge in [-0.1, -0.05) is 19.1 Å². The van der Waals surface area contributed by atoms with Crippen molar-refractivity contribution >= 4 is 11.9 Å². The molecule has 1 aromatic carbocycles. The maximum absolute atomic E-state index is 13.6. The highest BCUT2D eigenvalue weighted by Gasteiger charge is 2.24. The number of aliphatic carboxylic acids is 1. The normalized spacial score (nSPS) is 12.8. The van der Waals surface area contributed by atoms with Gasteiger partial charge >= 0.3 is 11.9 Å². The second-order valence-corrected chi connectivity index (χ2v) is 6.29. The van der Waals surface area contributed by atoms with Crippen molar-refractivity contribution in [3.05, 3.63) is 35.1 Å². The third-order valence-corrected chi connectivity index (χ3v) is 3.18. The Kier molecular flexibility index (Phi) is 6.09. The van der Waals surface area contributed by atoms with E-state index < -0.39 is 23.5 Å². The van der Waals surface area contributed by atoms with Gasteiger partial charge < -0.3 is 9.84 Å². The van der Waals surface area contributed by atoms with E-state index in [1.54, 1.807) is 26.8 Å². The highest BCUT2D eigenvalue weighted by atomic mass is 19.1. The van der Waals surface area contributed by atoms with Crippen molar-refractivity contribution in [3.63, 3.8) is 0 Å². The lowest BCUT2D eigenvalue weighted by atomic mass is 9.90. The summed E-state index contributed by atoms with van der Waals surface area (Å²) in [6, 6.07) is 4.48. The summed E-state index contributed by atoms with van der Waals surface area (Å²) in [6.45, 7) is 7.08. The van der Waals surface area contributed by atoms with E-state index in [2.05, 4.69) is 0 Å². The number of aryl methyl sites for hydroxylation is 1. The average molecular weight is 310 g/mol. The third kappa shape index (κ3) is 5.84. The lowest BCUT2D eigenvalue weighted by Crippen LogP contribution is -2.25. The van der Waals surface area contributed by atoms with Crippen LogP contribution in [-0.2, 0) is 20.7 Å². The number of carbonyl (C=O) groups is 2. The number of hydrogen-bond acceptors (Lipinski definition) is 3. The van der Waals surface area contributed by atoms with Crippen molar-refractivity contribution in [3.8, 4) is 0 Å². The summed E-state index contributed by atoms with van der Waals surface area (Å²) < 4.78 is 18.8. The Hall–Kier alpha value is -1.91. The van der Waals surface area contributed by atoms with Gasteiger partial charge in [-0.15, -0.1) is 0 Å². The van der Waals surface area contributed by atoms with Gasteiger partial charge in [0.15, 0.2) is 0 Å². The molecule has 0 aliphatic carbocycles. The number of rotatable bonds is 6. The monoisotopic (exact) mass is 310 g/mol. The van der Waals surface area contributed by atoms with Gasteiger partial charge in [0.2, 0.25) is 0 Å². The molecule has 0 spiro atoms. The van der Waals surface area contributed by atoms with E-state index in [4.69, 9.17) is 9.84 Å². The molecule has 1 rings (SSSR count). The number of ether oxygens (including phenoxy) is 1. The lowest BCUT2D eigenvalue weighted by Gasteiger charge is -2.22. The number of halogens is 1. The van der Waals surface area contributed by atoms with Crippen LogP contribution in [0.25, 0.3) is 0 Å². The largest absolute Gasteiger partial charge is 0.481 e. The van der Waals surface area contributed by atoms with Crippen LogP contribution in [0.4, 0.5) is 4.39 Å². The molecule has 1 atom stereocenters. The number of benzene rings is 1. The molecule has 5 heteroatoms. The van der Waals surface area contributed by atoms with Crippen molar-refractivity contribution in [1.29, 1.82) is 0 Å². The number of esters is 1. The average Bonchev–Trinajstić information content (AvgIpc) is 2.35. The number of hydrogen-bond donors (Lipinski definition) is 1. The Labute approximate surface area is 130 Å². The van der Waals surface area contributed by atoms with Crippen LogP contribution in [0.3, 0.4) is 0 Å². The van der Waals surface area contributed by atoms with Gasteiger partial charge in [-0.2, -0.15) is 0 Å². The summed E-state index contributed by atoms with van der Waals surface area (Å²) in [6.07, 6.45) is 0.262. The predicted molar refractivity (Wildman–Crippen MR) is 81.2 cm³/mol. The summed E-state index contributed by atoms with van der Waals surface area (Å²) >= 11 is 0. The molecule has 122 valence electrons. The molecule has 0 fully saturated rings. The Morgan fingerprint density at radius 3 is 2.41 bits per heavy atom. The van der Waals surface area contributed by atoms with Crippen LogP contribution in [0.2, 0.25) is 0 Å². The van der Waals surface area contributed by atoms with Crippen LogP contribution >= 0.6 is 0 Å². The van der Waals surface area contributed by atoms with E-state index >= 15 is 0 Å². The second-order valence-electron chi connectivity index (χ2n) is 6.29. The fraction of sp³-hybridized carbons (Fsp3) is 0.529. The van der Waals surface area contributed by atoms with Crippen LogP contribution < -0.4 is 0 Å². The minimum atomic E-state index is -1.00. The fourth-order valence-corrected chi connectivity index (χ4v) is 2.22. The Bertz CT molecular complexity index is 546. The maximum Gasteiger partial charge on any atom is 0.306 e. The molecule has 1 aromatic rings. The molecule has 0 aromatic heterocycles. The summed E-state index contributed by atoms with van der Waals surface area (Å²) in [5.74, 6) is -2.31. The highest BCUT2D eigenvalue weighted by Crippen LogP contribution is 2.27. The zero-order chi connectivity index (χ0) is 16.9. The first kappa shape index (κ1) is 18.1. The molecular formula is C17H23FO4. The first-order valence-corrected chi connectivity index (χ1v) is 7.34. The van der Waals surface area contributed by atoms with E-state index in [1.807, 2.05) is 6.92 Å². The maximum atomic E-state index is 13.6. The molecule has 0 saturated carbocycles. The van der Waals surface area contributed by atoms with E-state index in [0.717, 1.165) is 0 Å². The molecule has 4 nitrogen and oxygen atoms in total. The quantitative estimate of drug-likeness (QED) is 0.814. The molecule has 22 heavy (non-hydrogen) atoms. The molecule has 0 radical (unpaired) electrons. The number of carboxylic acid groups (broad SMARTS) is 1. The molecule has 1 N–H and O–H groups in total. The molecule has 1 unspecified atom stereocenters. The Morgan fingerprint density at radius 2 is 1.91 bits per heavy atom. The molecule has 0 aliphatic rings. The van der Waals surface area contributed by atoms with Crippen LogP contribution in [0.5, 0.6) is 0 Å². The third-order valence-electron chi connectivity index (χ3n) is 3.18. The van der Waals surface area contributed by atoms with Crippen molar-refractivity contribution in [2.75, 3.05) is 0 Å². The highest BCUT2D eigenvalue weighted by molar-refractivity contribution is 5.74. The van der Waals surface area contributed by atoms with Crippen LogP contribution in [-0.4, -0.2) is 22.6 Å². The standard InChI is InChI=1S/C17H23FO4/c1-5-11-8-12(6-7-14(11)18)13(9-15(19)20)10-16(21)22-17(2,3)4/h6-8,13H,5,9-10H2,1-4H3,(H,19,20). The molecule has 0 heterocycles. The Morgan fingerprint density at radius 1 is 1.27 bits per heavy atom. The summed E-state index contributed by atoms with van der Waals surface area (Å²) in [4.78, 5) is 23.0. The topological polar surface area (TPSA) is 63.6 Å². The van der Waals surface area contributed by atoms with Gasteiger partial charge in [-0.05, 0) is 44.4 Å². The predicted octanol–water partition coefficient (Wildman–Crippen LogP) is 3.68. The number of carbonyl (C=O) groups excluding carboxylic acids is 1. The van der Waals surface area contributed by atoms with Crippen molar-refractivity contribution in [1.82, 2.24) is 0 Å². The van der Waals surface area contributed by atoms with E-state index in [1.165, 1.54) is 12.1 Å². The minimum absolute atomic E-state index is 0.0433. The van der Waals surface area contributed by atoms with Gasteiger partial charge in [0.25, 0.3) is 0 Å². The Balaban J connectivity index is 2.98. The van der Waals surface area contributed by atoms with Gasteiger partial charge in [-0.25, -0.2) is 4.39 Å². The zero-order valence-corrected chi connectivity index (χ0v) is 13.5. The first-order chi connectivity index (χ1) is 10.1. The van der Waals surface area contributed by atoms with Crippen LogP contribution in [0.15, 0.2) is 18.2 Å². The summed E-state index contributed by atoms with van der Waals surface area (Å²) in [7, 11) is 0. The van der Waals surface area contributed by atoms with E-state index in [-0.39, 0.29) is 18.7 Å². The molecule has 0 bridgehead atoms. The van der Waals surface area contributed by atoms with E-state index in [9.17, 15) is 14.0 Å². The molecular weight excluding hydrogens is 287 g/mol. The lowest BCUT2D eigenvalue weighted by molar-refractivity contribution is -0.155. The number of carboxylic acids is 1. The second kappa shape index (κ2) is 7.38. The van der Waals surface area contributed by atoms with Gasteiger partial charge in [0.1, 0.15) is 11.4 Å². The molecule has 0 amide bonds. The molecule has 0 aliphatic heterocycles. The van der Waals surface area contributed by atoms with Crippen LogP contribution in [0, 0.1) is 5.82 Å². The van der Waals surface area contributed by atoms with Crippen molar-refractivity contribution in [2.45, 2.75) is 58.5 Å². The smallest absolute Gasteiger partial charge is 0.306 e. The molecule has 0 saturated heterocycles. The van der Waals surface area contributed by atoms with Crippen LogP contribution in [0.1, 0.15) is 57.6 Å². The first-order valence-electron chi connectivity index (χ1n) is 7.34. The SMILES string of the molecule is CCc1cc(C(CC(=O)O)CC(=O)OC(C)(C)C)ccc1F. The van der Waals surface area contributed by atoms with Gasteiger partial charge in [0, 0.05) is 5.92 Å². The summed E-state index contributed by atoms with van der Waals surface area (Å²) in [5, 5.41) is 9.05. The van der Waals surface area contributed by atoms with E-state index in [0.29, 0.717) is 17.5 Å². The zero-order valence-electron chi connectivity index (χ0n) is 13.5.